The van der Waals surface area contributed by atoms with Crippen molar-refractivity contribution in [2.45, 2.75) is 51.5 Å². The summed E-state index contributed by atoms with van der Waals surface area (Å²) in [5.74, 6) is 0.447. The van der Waals surface area contributed by atoms with Crippen LogP contribution in [0.2, 0.25) is 0 Å². The Balaban J connectivity index is 0.00000400. The molecule has 0 bridgehead atoms. The maximum atomic E-state index is 12.9. The van der Waals surface area contributed by atoms with E-state index in [0.29, 0.717) is 29.7 Å². The minimum atomic E-state index is -0.213. The molecule has 1 aromatic carbocycles. The second-order valence-electron chi connectivity index (χ2n) is 10.9. The van der Waals surface area contributed by atoms with Crippen LogP contribution in [0.3, 0.4) is 0 Å². The quantitative estimate of drug-likeness (QED) is 0.337. The van der Waals surface area contributed by atoms with E-state index in [9.17, 15) is 4.79 Å². The zero-order valence-electron chi connectivity index (χ0n) is 22.6. The number of pyridine rings is 2. The first-order valence-corrected chi connectivity index (χ1v) is 12.8. The Kier molecular flexibility index (Phi) is 7.93. The fraction of sp³-hybridized carbons (Fsp3) is 0.367. The first-order valence-electron chi connectivity index (χ1n) is 12.8. The molecule has 196 valence electrons. The number of rotatable bonds is 8. The number of carbonyl (C=O) groups is 1. The third-order valence-corrected chi connectivity index (χ3v) is 6.77. The molecule has 7 heteroatoms. The number of fused-ring (bicyclic) bond motifs is 1. The van der Waals surface area contributed by atoms with E-state index in [-0.39, 0.29) is 12.7 Å². The second kappa shape index (κ2) is 11.1. The minimum absolute atomic E-state index is 0. The van der Waals surface area contributed by atoms with E-state index in [0.717, 1.165) is 29.9 Å². The monoisotopic (exact) mass is 500 g/mol. The molecule has 2 heterocycles. The first-order chi connectivity index (χ1) is 17.6. The number of aromatic nitrogens is 2. The average molecular weight is 501 g/mol. The van der Waals surface area contributed by atoms with Crippen LogP contribution in [0.15, 0.2) is 61.4 Å². The van der Waals surface area contributed by atoms with E-state index in [1.807, 2.05) is 18.2 Å². The first kappa shape index (κ1) is 26.4. The van der Waals surface area contributed by atoms with Gasteiger partial charge in [-0.05, 0) is 68.8 Å². The number of aryl methyl sites for hydroxylation is 1. The molecule has 0 aliphatic heterocycles. The Morgan fingerprint density at radius 3 is 2.62 bits per heavy atom. The SMILES string of the molecule is C=CCNC(=O)c1cnc(Nc2ccc3c(c2)CC(N(C)C)CC3)cc1Nc1ccnc(C(C)(C)C)c1.[HH]. The summed E-state index contributed by atoms with van der Waals surface area (Å²) in [5, 5.41) is 9.72. The van der Waals surface area contributed by atoms with E-state index >= 15 is 0 Å². The van der Waals surface area contributed by atoms with E-state index in [1.165, 1.54) is 17.5 Å². The van der Waals surface area contributed by atoms with Gasteiger partial charge in [-0.2, -0.15) is 0 Å². The van der Waals surface area contributed by atoms with Crippen LogP contribution >= 0.6 is 0 Å². The largest absolute Gasteiger partial charge is 0.355 e. The van der Waals surface area contributed by atoms with Crippen LogP contribution in [-0.4, -0.2) is 47.5 Å². The molecule has 0 saturated heterocycles. The molecule has 1 atom stereocenters. The molecule has 1 aliphatic rings. The minimum Gasteiger partial charge on any atom is -0.355 e. The smallest absolute Gasteiger partial charge is 0.255 e. The molecule has 0 radical (unpaired) electrons. The van der Waals surface area contributed by atoms with Crippen molar-refractivity contribution in [1.82, 2.24) is 20.2 Å². The van der Waals surface area contributed by atoms with Crippen LogP contribution in [0, 0.1) is 0 Å². The normalized spacial score (nSPS) is 15.1. The van der Waals surface area contributed by atoms with E-state index < -0.39 is 0 Å². The summed E-state index contributed by atoms with van der Waals surface area (Å²) >= 11 is 0. The van der Waals surface area contributed by atoms with Crippen LogP contribution in [0.5, 0.6) is 0 Å². The predicted octanol–water partition coefficient (Wildman–Crippen LogP) is 5.84. The van der Waals surface area contributed by atoms with Gasteiger partial charge in [0.25, 0.3) is 5.91 Å². The second-order valence-corrected chi connectivity index (χ2v) is 10.9. The number of anilines is 4. The van der Waals surface area contributed by atoms with Gasteiger partial charge >= 0.3 is 0 Å². The van der Waals surface area contributed by atoms with Gasteiger partial charge in [-0.3, -0.25) is 9.78 Å². The predicted molar refractivity (Wildman–Crippen MR) is 154 cm³/mol. The lowest BCUT2D eigenvalue weighted by Gasteiger charge is -2.30. The molecule has 2 aromatic heterocycles. The molecule has 37 heavy (non-hydrogen) atoms. The number of nitrogens with zero attached hydrogens (tertiary/aromatic N) is 3. The highest BCUT2D eigenvalue weighted by Gasteiger charge is 2.21. The third-order valence-electron chi connectivity index (χ3n) is 6.77. The Labute approximate surface area is 221 Å². The van der Waals surface area contributed by atoms with Crippen molar-refractivity contribution in [2.24, 2.45) is 0 Å². The van der Waals surface area contributed by atoms with Gasteiger partial charge in [0, 0.05) is 55.0 Å². The van der Waals surface area contributed by atoms with Crippen molar-refractivity contribution in [3.8, 4) is 0 Å². The number of hydrogen-bond acceptors (Lipinski definition) is 6. The summed E-state index contributed by atoms with van der Waals surface area (Å²) < 4.78 is 0. The van der Waals surface area contributed by atoms with Crippen molar-refractivity contribution < 1.29 is 6.22 Å². The molecule has 3 aromatic rings. The fourth-order valence-corrected chi connectivity index (χ4v) is 4.55. The Morgan fingerprint density at radius 1 is 1.11 bits per heavy atom. The summed E-state index contributed by atoms with van der Waals surface area (Å²) in [5.41, 5.74) is 6.63. The lowest BCUT2D eigenvalue weighted by atomic mass is 9.87. The highest BCUT2D eigenvalue weighted by Crippen LogP contribution is 2.30. The third kappa shape index (κ3) is 6.54. The zero-order chi connectivity index (χ0) is 26.6. The van der Waals surface area contributed by atoms with Gasteiger partial charge in [0.15, 0.2) is 0 Å². The van der Waals surface area contributed by atoms with Gasteiger partial charge in [-0.1, -0.05) is 32.9 Å². The summed E-state index contributed by atoms with van der Waals surface area (Å²) in [6, 6.07) is 12.9. The highest BCUT2D eigenvalue weighted by atomic mass is 16.1. The maximum absolute atomic E-state index is 12.9. The zero-order valence-corrected chi connectivity index (χ0v) is 22.6. The summed E-state index contributed by atoms with van der Waals surface area (Å²) in [6.45, 7) is 10.4. The molecule has 7 nitrogen and oxygen atoms in total. The number of amides is 1. The van der Waals surface area contributed by atoms with Crippen molar-refractivity contribution >= 4 is 28.8 Å². The molecule has 1 aliphatic carbocycles. The number of carbonyl (C=O) groups excluding carboxylic acids is 1. The fourth-order valence-electron chi connectivity index (χ4n) is 4.55. The van der Waals surface area contributed by atoms with Gasteiger partial charge in [0.05, 0.1) is 11.3 Å². The maximum Gasteiger partial charge on any atom is 0.255 e. The van der Waals surface area contributed by atoms with Gasteiger partial charge in [-0.15, -0.1) is 6.58 Å². The number of nitrogens with one attached hydrogen (secondary N) is 3. The summed E-state index contributed by atoms with van der Waals surface area (Å²) in [7, 11) is 4.30. The van der Waals surface area contributed by atoms with E-state index in [4.69, 9.17) is 0 Å². The molecule has 1 amide bonds. The van der Waals surface area contributed by atoms with Crippen LogP contribution in [0.1, 0.15) is 55.8 Å². The molecular weight excluding hydrogens is 460 g/mol. The molecular formula is C30H40N6O. The van der Waals surface area contributed by atoms with Crippen molar-refractivity contribution in [1.29, 1.82) is 0 Å². The Morgan fingerprint density at radius 2 is 1.89 bits per heavy atom. The van der Waals surface area contributed by atoms with Crippen LogP contribution < -0.4 is 16.0 Å². The van der Waals surface area contributed by atoms with Crippen LogP contribution in [0.25, 0.3) is 0 Å². The lowest BCUT2D eigenvalue weighted by molar-refractivity contribution is 0.0958. The topological polar surface area (TPSA) is 82.2 Å². The van der Waals surface area contributed by atoms with Gasteiger partial charge < -0.3 is 20.9 Å². The lowest BCUT2D eigenvalue weighted by Crippen LogP contribution is -2.33. The van der Waals surface area contributed by atoms with Crippen LogP contribution in [0.4, 0.5) is 22.9 Å². The average Bonchev–Trinajstić information content (AvgIpc) is 2.86. The molecule has 3 N–H and O–H groups in total. The standard InChI is InChI=1S/C30H38N6O.H2/c1-7-13-32-29(37)25-19-33-28(18-26(25)34-23-12-14-31-27(17-23)30(2,3)4)35-22-10-8-20-9-11-24(36(5)6)16-21(20)15-22;/h7-8,10,12,14-15,17-19,24H,1,9,11,13,16H2,2-6H3,(H,32,37)(H2,31,33,34,35);1H. The van der Waals surface area contributed by atoms with Gasteiger partial charge in [-0.25, -0.2) is 4.98 Å². The molecule has 1 unspecified atom stereocenters. The van der Waals surface area contributed by atoms with Gasteiger partial charge in [0.2, 0.25) is 0 Å². The molecule has 4 rings (SSSR count). The molecule has 0 saturated carbocycles. The summed E-state index contributed by atoms with van der Waals surface area (Å²) in [6.07, 6.45) is 8.37. The van der Waals surface area contributed by atoms with Crippen LogP contribution in [-0.2, 0) is 18.3 Å². The molecule has 0 spiro atoms. The highest BCUT2D eigenvalue weighted by molar-refractivity contribution is 6.00. The Bertz CT molecular complexity index is 1280. The van der Waals surface area contributed by atoms with E-state index in [2.05, 4.69) is 90.5 Å². The van der Waals surface area contributed by atoms with Gasteiger partial charge in [0.1, 0.15) is 5.82 Å². The number of likely N-dealkylation sites (N-methyl/N-ethyl adjacent to an activating group) is 1. The van der Waals surface area contributed by atoms with E-state index in [1.54, 1.807) is 18.5 Å². The number of hydrogen-bond donors (Lipinski definition) is 3. The summed E-state index contributed by atoms with van der Waals surface area (Å²) in [4.78, 5) is 24.3. The van der Waals surface area contributed by atoms with Crippen molar-refractivity contribution in [3.05, 3.63) is 83.8 Å². The van der Waals surface area contributed by atoms with Crippen molar-refractivity contribution in [3.63, 3.8) is 0 Å². The Hall–Kier alpha value is -3.71. The van der Waals surface area contributed by atoms with Crippen molar-refractivity contribution in [2.75, 3.05) is 31.3 Å². The number of benzene rings is 1. The molecule has 0 fully saturated rings.